The normalized spacial score (nSPS) is 10.6. The third kappa shape index (κ3) is 2.77. The summed E-state index contributed by atoms with van der Waals surface area (Å²) in [6, 6.07) is 7.55. The molecule has 0 bridgehead atoms. The van der Waals surface area contributed by atoms with Gasteiger partial charge >= 0.3 is 0 Å². The Morgan fingerprint density at radius 1 is 1.25 bits per heavy atom. The monoisotopic (exact) mass is 219 g/mol. The van der Waals surface area contributed by atoms with Crippen molar-refractivity contribution in [2.75, 3.05) is 5.73 Å². The lowest BCUT2D eigenvalue weighted by Crippen LogP contribution is -1.97. The van der Waals surface area contributed by atoms with Crippen molar-refractivity contribution in [2.24, 2.45) is 7.05 Å². The highest BCUT2D eigenvalue weighted by molar-refractivity contribution is 5.39. The van der Waals surface area contributed by atoms with E-state index in [1.165, 1.54) is 4.80 Å². The summed E-state index contributed by atoms with van der Waals surface area (Å²) in [6.45, 7) is 0.872. The Hall–Kier alpha value is -1.95. The van der Waals surface area contributed by atoms with Gasteiger partial charge in [-0.05, 0) is 22.9 Å². The van der Waals surface area contributed by atoms with Gasteiger partial charge in [-0.25, -0.2) is 0 Å². The Balaban J connectivity index is 1.82. The van der Waals surface area contributed by atoms with Crippen molar-refractivity contribution in [1.29, 1.82) is 0 Å². The second-order valence-corrected chi connectivity index (χ2v) is 3.43. The molecule has 1 heterocycles. The van der Waals surface area contributed by atoms with Gasteiger partial charge in [0.2, 0.25) is 0 Å². The topological polar surface area (TPSA) is 78.8 Å². The lowest BCUT2D eigenvalue weighted by molar-refractivity contribution is 0.101. The van der Waals surface area contributed by atoms with Gasteiger partial charge in [0.05, 0.1) is 13.7 Å². The van der Waals surface area contributed by atoms with Crippen LogP contribution in [-0.2, 0) is 25.0 Å². The molecule has 16 heavy (non-hydrogen) atoms. The fourth-order valence-corrected chi connectivity index (χ4v) is 1.26. The van der Waals surface area contributed by atoms with E-state index in [2.05, 4.69) is 15.4 Å². The maximum absolute atomic E-state index is 5.58. The van der Waals surface area contributed by atoms with Crippen molar-refractivity contribution in [3.63, 3.8) is 0 Å². The third-order valence-corrected chi connectivity index (χ3v) is 2.03. The van der Waals surface area contributed by atoms with Gasteiger partial charge in [-0.1, -0.05) is 12.1 Å². The maximum Gasteiger partial charge on any atom is 0.200 e. The number of benzene rings is 1. The van der Waals surface area contributed by atoms with Crippen LogP contribution in [0.3, 0.4) is 0 Å². The lowest BCUT2D eigenvalue weighted by atomic mass is 10.2. The highest BCUT2D eigenvalue weighted by Gasteiger charge is 2.00. The van der Waals surface area contributed by atoms with Crippen LogP contribution in [0.25, 0.3) is 0 Å². The number of hydrogen-bond acceptors (Lipinski definition) is 5. The number of anilines is 1. The van der Waals surface area contributed by atoms with Crippen LogP contribution < -0.4 is 5.73 Å². The van der Waals surface area contributed by atoms with Crippen LogP contribution in [-0.4, -0.2) is 20.2 Å². The Morgan fingerprint density at radius 3 is 2.62 bits per heavy atom. The summed E-state index contributed by atoms with van der Waals surface area (Å²) in [5, 5.41) is 11.5. The van der Waals surface area contributed by atoms with E-state index in [-0.39, 0.29) is 0 Å². The summed E-state index contributed by atoms with van der Waals surface area (Å²) in [4.78, 5) is 1.40. The number of hydrogen-bond donors (Lipinski definition) is 1. The second kappa shape index (κ2) is 4.71. The Morgan fingerprint density at radius 2 is 2.00 bits per heavy atom. The van der Waals surface area contributed by atoms with Crippen LogP contribution in [0.2, 0.25) is 0 Å². The molecule has 0 aliphatic heterocycles. The average Bonchev–Trinajstić information content (AvgIpc) is 2.67. The van der Waals surface area contributed by atoms with Crippen molar-refractivity contribution in [3.8, 4) is 0 Å². The average molecular weight is 219 g/mol. The Bertz CT molecular complexity index is 450. The molecular formula is C10H13N5O. The van der Waals surface area contributed by atoms with E-state index >= 15 is 0 Å². The fraction of sp³-hybridized carbons (Fsp3) is 0.300. The second-order valence-electron chi connectivity index (χ2n) is 3.43. The number of ether oxygens (including phenoxy) is 1. The van der Waals surface area contributed by atoms with Crippen LogP contribution >= 0.6 is 0 Å². The molecule has 0 atom stereocenters. The Labute approximate surface area is 93.0 Å². The summed E-state index contributed by atoms with van der Waals surface area (Å²) in [5.41, 5.74) is 7.39. The van der Waals surface area contributed by atoms with Gasteiger partial charge in [-0.2, -0.15) is 4.80 Å². The molecule has 0 spiro atoms. The van der Waals surface area contributed by atoms with Gasteiger partial charge in [0.15, 0.2) is 5.82 Å². The van der Waals surface area contributed by atoms with Crippen molar-refractivity contribution in [3.05, 3.63) is 35.7 Å². The van der Waals surface area contributed by atoms with Gasteiger partial charge in [0, 0.05) is 5.69 Å². The first kappa shape index (κ1) is 10.6. The summed E-state index contributed by atoms with van der Waals surface area (Å²) in [5.74, 6) is 0.581. The minimum atomic E-state index is 0.359. The summed E-state index contributed by atoms with van der Waals surface area (Å²) >= 11 is 0. The number of aromatic nitrogens is 4. The lowest BCUT2D eigenvalue weighted by Gasteiger charge is -2.01. The summed E-state index contributed by atoms with van der Waals surface area (Å²) < 4.78 is 5.44. The molecule has 0 fully saturated rings. The first-order valence-corrected chi connectivity index (χ1v) is 4.89. The van der Waals surface area contributed by atoms with E-state index in [4.69, 9.17) is 10.5 Å². The molecule has 0 saturated heterocycles. The fourth-order valence-electron chi connectivity index (χ4n) is 1.26. The van der Waals surface area contributed by atoms with Crippen LogP contribution in [0.5, 0.6) is 0 Å². The zero-order valence-electron chi connectivity index (χ0n) is 9.00. The van der Waals surface area contributed by atoms with E-state index in [1.54, 1.807) is 7.05 Å². The first-order chi connectivity index (χ1) is 7.74. The van der Waals surface area contributed by atoms with E-state index in [0.29, 0.717) is 19.0 Å². The highest BCUT2D eigenvalue weighted by atomic mass is 16.5. The molecule has 0 aliphatic carbocycles. The molecule has 2 aromatic rings. The molecule has 2 rings (SSSR count). The van der Waals surface area contributed by atoms with Gasteiger partial charge < -0.3 is 10.5 Å². The highest BCUT2D eigenvalue weighted by Crippen LogP contribution is 2.07. The molecule has 1 aromatic heterocycles. The number of aryl methyl sites for hydroxylation is 1. The predicted molar refractivity (Wildman–Crippen MR) is 58.1 cm³/mol. The number of nitrogens with two attached hydrogens (primary N) is 1. The van der Waals surface area contributed by atoms with E-state index in [0.717, 1.165) is 11.3 Å². The van der Waals surface area contributed by atoms with Crippen molar-refractivity contribution < 1.29 is 4.74 Å². The van der Waals surface area contributed by atoms with E-state index in [9.17, 15) is 0 Å². The molecule has 0 radical (unpaired) electrons. The van der Waals surface area contributed by atoms with Crippen LogP contribution in [0.1, 0.15) is 11.4 Å². The van der Waals surface area contributed by atoms with Crippen molar-refractivity contribution >= 4 is 5.69 Å². The molecule has 0 aliphatic rings. The molecule has 6 heteroatoms. The number of rotatable bonds is 4. The molecule has 2 N–H and O–H groups in total. The molecule has 6 nitrogen and oxygen atoms in total. The zero-order valence-corrected chi connectivity index (χ0v) is 9.00. The Kier molecular flexibility index (Phi) is 3.11. The molecular weight excluding hydrogens is 206 g/mol. The molecule has 0 unspecified atom stereocenters. The minimum absolute atomic E-state index is 0.359. The standard InChI is InChI=1S/C10H13N5O/c1-15-13-10(12-14-15)7-16-6-8-2-4-9(11)5-3-8/h2-5H,6-7,11H2,1H3. The van der Waals surface area contributed by atoms with Crippen LogP contribution in [0.15, 0.2) is 24.3 Å². The summed E-state index contributed by atoms with van der Waals surface area (Å²) in [6.07, 6.45) is 0. The molecule has 1 aromatic carbocycles. The van der Waals surface area contributed by atoms with Gasteiger partial charge in [0.1, 0.15) is 6.61 Å². The van der Waals surface area contributed by atoms with Gasteiger partial charge in [-0.15, -0.1) is 10.2 Å². The van der Waals surface area contributed by atoms with Crippen LogP contribution in [0, 0.1) is 0 Å². The predicted octanol–water partition coefficient (Wildman–Crippen LogP) is 0.509. The third-order valence-electron chi connectivity index (χ3n) is 2.03. The van der Waals surface area contributed by atoms with Gasteiger partial charge in [0.25, 0.3) is 0 Å². The quantitative estimate of drug-likeness (QED) is 0.758. The number of nitrogens with zero attached hydrogens (tertiary/aromatic N) is 4. The smallest absolute Gasteiger partial charge is 0.200 e. The largest absolute Gasteiger partial charge is 0.399 e. The zero-order chi connectivity index (χ0) is 11.4. The first-order valence-electron chi connectivity index (χ1n) is 4.89. The molecule has 84 valence electrons. The number of tetrazole rings is 1. The molecule has 0 amide bonds. The van der Waals surface area contributed by atoms with E-state index in [1.807, 2.05) is 24.3 Å². The van der Waals surface area contributed by atoms with Gasteiger partial charge in [-0.3, -0.25) is 0 Å². The van der Waals surface area contributed by atoms with E-state index < -0.39 is 0 Å². The van der Waals surface area contributed by atoms with Crippen molar-refractivity contribution in [1.82, 2.24) is 20.2 Å². The number of nitrogen functional groups attached to an aromatic ring is 1. The summed E-state index contributed by atoms with van der Waals surface area (Å²) in [7, 11) is 1.72. The van der Waals surface area contributed by atoms with Crippen LogP contribution in [0.4, 0.5) is 5.69 Å². The minimum Gasteiger partial charge on any atom is -0.399 e. The molecule has 0 saturated carbocycles. The SMILES string of the molecule is Cn1nnc(COCc2ccc(N)cc2)n1. The van der Waals surface area contributed by atoms with Crippen molar-refractivity contribution in [2.45, 2.75) is 13.2 Å². The maximum atomic E-state index is 5.58.